The fourth-order valence-electron chi connectivity index (χ4n) is 3.60. The number of nitrogens with two attached hydrogens (primary N) is 1. The molecular formula is C20H27N5O7S. The minimum atomic E-state index is -3.62. The second-order valence-corrected chi connectivity index (χ2v) is 9.38. The molecule has 1 aromatic carbocycles. The van der Waals surface area contributed by atoms with Gasteiger partial charge in [0.25, 0.3) is 10.0 Å². The Morgan fingerprint density at radius 3 is 2.55 bits per heavy atom. The van der Waals surface area contributed by atoms with Crippen molar-refractivity contribution in [3.05, 3.63) is 29.8 Å². The van der Waals surface area contributed by atoms with Gasteiger partial charge in [0.15, 0.2) is 0 Å². The van der Waals surface area contributed by atoms with Crippen LogP contribution in [0.1, 0.15) is 12.5 Å². The van der Waals surface area contributed by atoms with E-state index < -0.39 is 28.2 Å². The van der Waals surface area contributed by atoms with Crippen molar-refractivity contribution in [1.82, 2.24) is 9.80 Å². The van der Waals surface area contributed by atoms with Gasteiger partial charge in [-0.05, 0) is 31.2 Å². The number of piperazine rings is 1. The lowest BCUT2D eigenvalue weighted by Gasteiger charge is -2.34. The van der Waals surface area contributed by atoms with Crippen molar-refractivity contribution in [2.75, 3.05) is 57.0 Å². The van der Waals surface area contributed by atoms with Crippen LogP contribution < -0.4 is 10.6 Å². The summed E-state index contributed by atoms with van der Waals surface area (Å²) in [5.41, 5.74) is 6.68. The molecule has 2 saturated heterocycles. The summed E-state index contributed by atoms with van der Waals surface area (Å²) in [6.45, 7) is 3.65. The molecule has 12 nitrogen and oxygen atoms in total. The monoisotopic (exact) mass is 481 g/mol. The summed E-state index contributed by atoms with van der Waals surface area (Å²) >= 11 is 0. The molecule has 2 N–H and O–H groups in total. The zero-order chi connectivity index (χ0) is 24.2. The van der Waals surface area contributed by atoms with E-state index in [2.05, 4.69) is 4.40 Å². The summed E-state index contributed by atoms with van der Waals surface area (Å²) in [5, 5.41) is 0. The number of amides is 2. The first kappa shape index (κ1) is 24.5. The van der Waals surface area contributed by atoms with Crippen LogP contribution in [0.5, 0.6) is 0 Å². The Bertz CT molecular complexity index is 1040. The molecule has 0 bridgehead atoms. The third-order valence-corrected chi connectivity index (χ3v) is 5.63. The first-order valence-electron chi connectivity index (χ1n) is 10.4. The van der Waals surface area contributed by atoms with E-state index in [4.69, 9.17) is 15.2 Å². The lowest BCUT2D eigenvalue weighted by Crippen LogP contribution is -2.53. The average molecular weight is 482 g/mol. The lowest BCUT2D eigenvalue weighted by atomic mass is 10.2. The van der Waals surface area contributed by atoms with Gasteiger partial charge in [0.1, 0.15) is 18.5 Å². The zero-order valence-electron chi connectivity index (χ0n) is 18.5. The number of esters is 1. The first-order valence-corrected chi connectivity index (χ1v) is 12.2. The van der Waals surface area contributed by atoms with Gasteiger partial charge >= 0.3 is 12.1 Å². The molecule has 0 spiro atoms. The maximum atomic E-state index is 12.4. The second-order valence-electron chi connectivity index (χ2n) is 7.73. The van der Waals surface area contributed by atoms with Gasteiger partial charge in [-0.15, -0.1) is 4.40 Å². The van der Waals surface area contributed by atoms with Crippen LogP contribution >= 0.6 is 0 Å². The Morgan fingerprint density at radius 1 is 1.24 bits per heavy atom. The summed E-state index contributed by atoms with van der Waals surface area (Å²) in [7, 11) is -3.62. The topological polar surface area (TPSA) is 152 Å². The Hall–Kier alpha value is -3.19. The fraction of sp³-hybridized carbons (Fsp3) is 0.500. The van der Waals surface area contributed by atoms with Crippen LogP contribution in [-0.2, 0) is 29.1 Å². The lowest BCUT2D eigenvalue weighted by molar-refractivity contribution is -0.151. The van der Waals surface area contributed by atoms with Gasteiger partial charge in [-0.2, -0.15) is 0 Å². The third kappa shape index (κ3) is 6.65. The summed E-state index contributed by atoms with van der Waals surface area (Å²) in [6.07, 6.45) is -0.00106. The minimum Gasteiger partial charge on any atom is -0.465 e. The van der Waals surface area contributed by atoms with Crippen molar-refractivity contribution in [1.29, 1.82) is 0 Å². The maximum Gasteiger partial charge on any atom is 0.414 e. The Labute approximate surface area is 192 Å². The van der Waals surface area contributed by atoms with E-state index in [-0.39, 0.29) is 31.4 Å². The molecule has 13 heteroatoms. The molecule has 0 aromatic heterocycles. The van der Waals surface area contributed by atoms with Crippen LogP contribution in [0.4, 0.5) is 10.5 Å². The molecule has 3 rings (SSSR count). The van der Waals surface area contributed by atoms with E-state index in [1.54, 1.807) is 31.2 Å². The summed E-state index contributed by atoms with van der Waals surface area (Å²) in [4.78, 5) is 41.1. The first-order chi connectivity index (χ1) is 15.6. The van der Waals surface area contributed by atoms with Gasteiger partial charge in [0.2, 0.25) is 5.91 Å². The van der Waals surface area contributed by atoms with Crippen molar-refractivity contribution in [3.63, 3.8) is 0 Å². The number of carbonyl (C=O) groups excluding carboxylic acids is 3. The highest BCUT2D eigenvalue weighted by Gasteiger charge is 2.35. The number of sulfonamides is 1. The Kier molecular flexibility index (Phi) is 7.53. The number of amidine groups is 1. The summed E-state index contributed by atoms with van der Waals surface area (Å²) in [6, 6.07) is 6.39. The zero-order valence-corrected chi connectivity index (χ0v) is 19.3. The molecule has 2 amide bonds. The van der Waals surface area contributed by atoms with Crippen LogP contribution in [0.25, 0.3) is 0 Å². The molecule has 2 heterocycles. The number of benzene rings is 1. The molecule has 1 unspecified atom stereocenters. The number of hydrogen-bond donors (Lipinski definition) is 1. The molecule has 2 fully saturated rings. The van der Waals surface area contributed by atoms with Gasteiger partial charge in [0.05, 0.1) is 26.0 Å². The highest BCUT2D eigenvalue weighted by atomic mass is 32.2. The van der Waals surface area contributed by atoms with Gasteiger partial charge in [-0.3, -0.25) is 19.4 Å². The molecular weight excluding hydrogens is 454 g/mol. The smallest absolute Gasteiger partial charge is 0.414 e. The van der Waals surface area contributed by atoms with Crippen LogP contribution in [-0.4, -0.2) is 100 Å². The Morgan fingerprint density at radius 2 is 1.94 bits per heavy atom. The van der Waals surface area contributed by atoms with E-state index in [9.17, 15) is 22.8 Å². The SMILES string of the molecule is CCOC(=O)CN1CCN(CC2CN(c3ccc(/C(N)=N/S(C)(=O)=O)cc3)C(=O)O2)CC1=O. The maximum absolute atomic E-state index is 12.4. The normalized spacial score (nSPS) is 20.2. The van der Waals surface area contributed by atoms with Crippen molar-refractivity contribution in [3.8, 4) is 0 Å². The van der Waals surface area contributed by atoms with E-state index in [0.29, 0.717) is 37.4 Å². The van der Waals surface area contributed by atoms with Gasteiger partial charge in [-0.25, -0.2) is 13.2 Å². The van der Waals surface area contributed by atoms with E-state index in [0.717, 1.165) is 6.26 Å². The largest absolute Gasteiger partial charge is 0.465 e. The van der Waals surface area contributed by atoms with Crippen LogP contribution in [0.2, 0.25) is 0 Å². The second kappa shape index (κ2) is 10.2. The van der Waals surface area contributed by atoms with Crippen molar-refractivity contribution >= 4 is 39.5 Å². The van der Waals surface area contributed by atoms with Gasteiger partial charge in [0, 0.05) is 30.9 Å². The van der Waals surface area contributed by atoms with E-state index in [1.807, 2.05) is 4.90 Å². The molecule has 1 aromatic rings. The van der Waals surface area contributed by atoms with E-state index in [1.165, 1.54) is 9.80 Å². The molecule has 0 saturated carbocycles. The number of carbonyl (C=O) groups is 3. The Balaban J connectivity index is 1.55. The number of ether oxygens (including phenoxy) is 2. The molecule has 0 radical (unpaired) electrons. The molecule has 2 aliphatic heterocycles. The number of rotatable bonds is 8. The van der Waals surface area contributed by atoms with Crippen molar-refractivity contribution in [2.24, 2.45) is 10.1 Å². The predicted octanol–water partition coefficient (Wildman–Crippen LogP) is -0.616. The molecule has 2 aliphatic rings. The van der Waals surface area contributed by atoms with Crippen molar-refractivity contribution in [2.45, 2.75) is 13.0 Å². The van der Waals surface area contributed by atoms with Crippen molar-refractivity contribution < 1.29 is 32.3 Å². The predicted molar refractivity (Wildman–Crippen MR) is 119 cm³/mol. The van der Waals surface area contributed by atoms with Crippen LogP contribution in [0.15, 0.2) is 28.7 Å². The highest BCUT2D eigenvalue weighted by molar-refractivity contribution is 7.89. The molecule has 33 heavy (non-hydrogen) atoms. The fourth-order valence-corrected chi connectivity index (χ4v) is 4.06. The average Bonchev–Trinajstić information content (AvgIpc) is 3.09. The number of hydrogen-bond acceptors (Lipinski definition) is 8. The molecule has 0 aliphatic carbocycles. The van der Waals surface area contributed by atoms with Crippen LogP contribution in [0.3, 0.4) is 0 Å². The summed E-state index contributed by atoms with van der Waals surface area (Å²) in [5.74, 6) is -0.757. The quantitative estimate of drug-likeness (QED) is 0.291. The number of anilines is 1. The van der Waals surface area contributed by atoms with Gasteiger partial charge in [-0.1, -0.05) is 0 Å². The number of cyclic esters (lactones) is 1. The molecule has 180 valence electrons. The third-order valence-electron chi connectivity index (χ3n) is 5.10. The van der Waals surface area contributed by atoms with Gasteiger partial charge < -0.3 is 20.1 Å². The van der Waals surface area contributed by atoms with E-state index >= 15 is 0 Å². The molecule has 1 atom stereocenters. The summed E-state index contributed by atoms with van der Waals surface area (Å²) < 4.78 is 36.3. The minimum absolute atomic E-state index is 0.0674. The number of nitrogens with zero attached hydrogens (tertiary/aromatic N) is 4. The highest BCUT2D eigenvalue weighted by Crippen LogP contribution is 2.23. The standard InChI is InChI=1S/C20H27N5O7S/c1-3-31-18(27)13-24-9-8-23(12-17(24)26)10-16-11-25(20(28)32-16)15-6-4-14(5-7-15)19(21)22-33(2,29)30/h4-7,16H,3,8-13H2,1-2H3,(H2,21,22). The van der Waals surface area contributed by atoms with Crippen LogP contribution in [0, 0.1) is 0 Å².